The Morgan fingerprint density at radius 2 is 2.11 bits per heavy atom. The Labute approximate surface area is 109 Å². The molecule has 1 amide bonds. The third-order valence-corrected chi connectivity index (χ3v) is 3.70. The molecule has 0 unspecified atom stereocenters. The number of nitrogens with two attached hydrogens (primary N) is 1. The molecule has 1 aliphatic rings. The second kappa shape index (κ2) is 6.43. The van der Waals surface area contributed by atoms with Gasteiger partial charge in [0.05, 0.1) is 0 Å². The second-order valence-corrected chi connectivity index (χ2v) is 5.21. The van der Waals surface area contributed by atoms with E-state index < -0.39 is 0 Å². The van der Waals surface area contributed by atoms with Gasteiger partial charge in [-0.05, 0) is 30.0 Å². The van der Waals surface area contributed by atoms with E-state index in [0.717, 1.165) is 23.6 Å². The number of carbonyl (C=O) groups excluding carboxylic acids is 1. The number of amides is 1. The van der Waals surface area contributed by atoms with Crippen molar-refractivity contribution in [1.82, 2.24) is 5.32 Å². The lowest BCUT2D eigenvalue weighted by Crippen LogP contribution is -2.23. The number of anilines is 1. The minimum absolute atomic E-state index is 0.157. The minimum atomic E-state index is 0.157. The van der Waals surface area contributed by atoms with Gasteiger partial charge in [0.25, 0.3) is 0 Å². The summed E-state index contributed by atoms with van der Waals surface area (Å²) in [7, 11) is 0. The van der Waals surface area contributed by atoms with E-state index in [9.17, 15) is 4.79 Å². The van der Waals surface area contributed by atoms with Crippen LogP contribution < -0.4 is 11.1 Å². The Morgan fingerprint density at radius 1 is 1.33 bits per heavy atom. The van der Waals surface area contributed by atoms with Crippen LogP contribution in [-0.2, 0) is 11.3 Å². The van der Waals surface area contributed by atoms with Crippen molar-refractivity contribution in [3.63, 3.8) is 0 Å². The van der Waals surface area contributed by atoms with Gasteiger partial charge in [0.1, 0.15) is 0 Å². The van der Waals surface area contributed by atoms with Crippen molar-refractivity contribution < 1.29 is 4.79 Å². The van der Waals surface area contributed by atoms with Gasteiger partial charge in [0.15, 0.2) is 0 Å². The number of hydrogen-bond donors (Lipinski definition) is 2. The molecule has 0 saturated heterocycles. The van der Waals surface area contributed by atoms with E-state index in [0.29, 0.717) is 13.0 Å². The summed E-state index contributed by atoms with van der Waals surface area (Å²) in [4.78, 5) is 11.7. The molecule has 1 aliphatic carbocycles. The molecule has 98 valence electrons. The Kier molecular flexibility index (Phi) is 4.62. The average molecular weight is 246 g/mol. The van der Waals surface area contributed by atoms with Gasteiger partial charge in [-0.1, -0.05) is 37.8 Å². The molecule has 0 spiro atoms. The maximum Gasteiger partial charge on any atom is 0.220 e. The molecular weight excluding hydrogens is 224 g/mol. The van der Waals surface area contributed by atoms with Gasteiger partial charge >= 0.3 is 0 Å². The molecule has 0 aromatic heterocycles. The third kappa shape index (κ3) is 4.06. The van der Waals surface area contributed by atoms with Gasteiger partial charge < -0.3 is 11.1 Å². The highest BCUT2D eigenvalue weighted by Gasteiger charge is 2.15. The molecule has 3 heteroatoms. The fourth-order valence-electron chi connectivity index (χ4n) is 2.63. The second-order valence-electron chi connectivity index (χ2n) is 5.21. The molecule has 1 fully saturated rings. The standard InChI is InChI=1S/C15H22N2O/c16-14-7-3-6-13(10-14)11-17-15(18)9-8-12-4-1-2-5-12/h3,6-7,10,12H,1-2,4-5,8-9,11,16H2,(H,17,18). The molecule has 1 saturated carbocycles. The third-order valence-electron chi connectivity index (χ3n) is 3.70. The van der Waals surface area contributed by atoms with E-state index >= 15 is 0 Å². The summed E-state index contributed by atoms with van der Waals surface area (Å²) in [6, 6.07) is 7.64. The smallest absolute Gasteiger partial charge is 0.220 e. The molecule has 0 bridgehead atoms. The van der Waals surface area contributed by atoms with Gasteiger partial charge in [0, 0.05) is 18.7 Å². The van der Waals surface area contributed by atoms with Gasteiger partial charge in [-0.25, -0.2) is 0 Å². The molecule has 3 nitrogen and oxygen atoms in total. The van der Waals surface area contributed by atoms with Crippen LogP contribution in [-0.4, -0.2) is 5.91 Å². The van der Waals surface area contributed by atoms with E-state index in [-0.39, 0.29) is 5.91 Å². The quantitative estimate of drug-likeness (QED) is 0.785. The predicted molar refractivity (Wildman–Crippen MR) is 73.9 cm³/mol. The minimum Gasteiger partial charge on any atom is -0.399 e. The van der Waals surface area contributed by atoms with Crippen molar-refractivity contribution in [3.05, 3.63) is 29.8 Å². The first-order chi connectivity index (χ1) is 8.74. The first-order valence-electron chi connectivity index (χ1n) is 6.85. The Bertz CT molecular complexity index is 397. The monoisotopic (exact) mass is 246 g/mol. The predicted octanol–water partition coefficient (Wildman–Crippen LogP) is 2.86. The molecule has 3 N–H and O–H groups in total. The van der Waals surface area contributed by atoms with Crippen LogP contribution in [0.25, 0.3) is 0 Å². The van der Waals surface area contributed by atoms with Crippen LogP contribution >= 0.6 is 0 Å². The first-order valence-corrected chi connectivity index (χ1v) is 6.85. The summed E-state index contributed by atoms with van der Waals surface area (Å²) < 4.78 is 0. The van der Waals surface area contributed by atoms with Crippen LogP contribution in [0.15, 0.2) is 24.3 Å². The van der Waals surface area contributed by atoms with Gasteiger partial charge in [-0.2, -0.15) is 0 Å². The van der Waals surface area contributed by atoms with Gasteiger partial charge in [-0.15, -0.1) is 0 Å². The Balaban J connectivity index is 1.68. The summed E-state index contributed by atoms with van der Waals surface area (Å²) in [6.45, 7) is 0.578. The Morgan fingerprint density at radius 3 is 2.83 bits per heavy atom. The van der Waals surface area contributed by atoms with E-state index in [1.165, 1.54) is 25.7 Å². The van der Waals surface area contributed by atoms with E-state index in [1.807, 2.05) is 24.3 Å². The van der Waals surface area contributed by atoms with Crippen LogP contribution in [0.4, 0.5) is 5.69 Å². The number of benzene rings is 1. The molecule has 0 heterocycles. The summed E-state index contributed by atoms with van der Waals surface area (Å²) in [5.74, 6) is 0.937. The zero-order chi connectivity index (χ0) is 12.8. The summed E-state index contributed by atoms with van der Waals surface area (Å²) in [5.41, 5.74) is 7.50. The molecule has 1 aromatic carbocycles. The van der Waals surface area contributed by atoms with E-state index in [2.05, 4.69) is 5.32 Å². The molecule has 2 rings (SSSR count). The molecule has 0 radical (unpaired) electrons. The maximum atomic E-state index is 11.7. The van der Waals surface area contributed by atoms with E-state index in [1.54, 1.807) is 0 Å². The lowest BCUT2D eigenvalue weighted by Gasteiger charge is -2.09. The lowest BCUT2D eigenvalue weighted by atomic mass is 10.0. The first kappa shape index (κ1) is 12.9. The zero-order valence-corrected chi connectivity index (χ0v) is 10.8. The largest absolute Gasteiger partial charge is 0.399 e. The van der Waals surface area contributed by atoms with Crippen LogP contribution in [0.1, 0.15) is 44.1 Å². The lowest BCUT2D eigenvalue weighted by molar-refractivity contribution is -0.121. The highest BCUT2D eigenvalue weighted by molar-refractivity contribution is 5.75. The number of rotatable bonds is 5. The summed E-state index contributed by atoms with van der Waals surface area (Å²) in [5, 5.41) is 2.96. The van der Waals surface area contributed by atoms with Crippen LogP contribution in [0.5, 0.6) is 0 Å². The molecule has 0 atom stereocenters. The fourth-order valence-corrected chi connectivity index (χ4v) is 2.63. The summed E-state index contributed by atoms with van der Waals surface area (Å²) in [6.07, 6.45) is 7.01. The van der Waals surface area contributed by atoms with Gasteiger partial charge in [0.2, 0.25) is 5.91 Å². The van der Waals surface area contributed by atoms with Crippen molar-refractivity contribution in [2.45, 2.75) is 45.1 Å². The zero-order valence-electron chi connectivity index (χ0n) is 10.8. The molecular formula is C15H22N2O. The number of nitrogen functional groups attached to an aromatic ring is 1. The average Bonchev–Trinajstić information content (AvgIpc) is 2.87. The normalized spacial score (nSPS) is 15.8. The van der Waals surface area contributed by atoms with Crippen molar-refractivity contribution >= 4 is 11.6 Å². The van der Waals surface area contributed by atoms with Crippen LogP contribution in [0, 0.1) is 5.92 Å². The Hall–Kier alpha value is -1.51. The topological polar surface area (TPSA) is 55.1 Å². The highest BCUT2D eigenvalue weighted by Crippen LogP contribution is 2.28. The van der Waals surface area contributed by atoms with E-state index in [4.69, 9.17) is 5.73 Å². The fraction of sp³-hybridized carbons (Fsp3) is 0.533. The number of hydrogen-bond acceptors (Lipinski definition) is 2. The summed E-state index contributed by atoms with van der Waals surface area (Å²) >= 11 is 0. The molecule has 18 heavy (non-hydrogen) atoms. The maximum absolute atomic E-state index is 11.7. The number of carbonyl (C=O) groups is 1. The van der Waals surface area contributed by atoms with Crippen LogP contribution in [0.2, 0.25) is 0 Å². The SMILES string of the molecule is Nc1cccc(CNC(=O)CCC2CCCC2)c1. The van der Waals surface area contributed by atoms with Crippen molar-refractivity contribution in [3.8, 4) is 0 Å². The van der Waals surface area contributed by atoms with Crippen LogP contribution in [0.3, 0.4) is 0 Å². The highest BCUT2D eigenvalue weighted by atomic mass is 16.1. The van der Waals surface area contributed by atoms with Crippen molar-refractivity contribution in [1.29, 1.82) is 0 Å². The van der Waals surface area contributed by atoms with Crippen molar-refractivity contribution in [2.75, 3.05) is 5.73 Å². The van der Waals surface area contributed by atoms with Gasteiger partial charge in [-0.3, -0.25) is 4.79 Å². The molecule has 1 aromatic rings. The number of nitrogens with one attached hydrogen (secondary N) is 1. The molecule has 0 aliphatic heterocycles. The van der Waals surface area contributed by atoms with Crippen molar-refractivity contribution in [2.24, 2.45) is 5.92 Å².